The molecule has 0 unspecified atom stereocenters. The number of halogens is 1. The van der Waals surface area contributed by atoms with E-state index in [9.17, 15) is 8.42 Å². The number of sulfonamides is 1. The summed E-state index contributed by atoms with van der Waals surface area (Å²) in [6, 6.07) is 0. The smallest absolute Gasteiger partial charge is 0.211 e. The Morgan fingerprint density at radius 2 is 2.00 bits per heavy atom. The molecule has 0 aliphatic heterocycles. The van der Waals surface area contributed by atoms with Crippen LogP contribution < -0.4 is 15.8 Å². The van der Waals surface area contributed by atoms with Crippen molar-refractivity contribution in [3.05, 3.63) is 0 Å². The fraction of sp³-hybridized carbons (Fsp3) is 0.900. The predicted molar refractivity (Wildman–Crippen MR) is 88.5 cm³/mol. The van der Waals surface area contributed by atoms with Gasteiger partial charge in [0.2, 0.25) is 10.0 Å². The van der Waals surface area contributed by atoms with Gasteiger partial charge in [0.05, 0.1) is 5.75 Å². The van der Waals surface area contributed by atoms with Gasteiger partial charge in [-0.25, -0.2) is 13.1 Å². The van der Waals surface area contributed by atoms with Crippen LogP contribution in [-0.4, -0.2) is 53.0 Å². The molecule has 0 rings (SSSR count). The lowest BCUT2D eigenvalue weighted by atomic mass is 10.4. The van der Waals surface area contributed by atoms with Crippen LogP contribution in [0.15, 0.2) is 4.99 Å². The van der Waals surface area contributed by atoms with E-state index in [0.29, 0.717) is 38.8 Å². The van der Waals surface area contributed by atoms with E-state index in [2.05, 4.69) is 15.0 Å². The van der Waals surface area contributed by atoms with Crippen molar-refractivity contribution in [2.75, 3.05) is 38.6 Å². The van der Waals surface area contributed by atoms with Crippen molar-refractivity contribution in [2.24, 2.45) is 10.7 Å². The molecule has 0 radical (unpaired) electrons. The minimum Gasteiger partial charge on any atom is -0.382 e. The number of nitrogens with one attached hydrogen (secondary N) is 2. The number of hydrogen-bond acceptors (Lipinski definition) is 4. The number of aliphatic imine (C=N–C) groups is 1. The minimum absolute atomic E-state index is 0. The number of ether oxygens (including phenoxy) is 1. The number of nitrogens with zero attached hydrogens (tertiary/aromatic N) is 1. The first kappa shape index (κ1) is 21.2. The van der Waals surface area contributed by atoms with E-state index in [0.717, 1.165) is 6.42 Å². The van der Waals surface area contributed by atoms with Crippen LogP contribution in [-0.2, 0) is 14.8 Å². The van der Waals surface area contributed by atoms with Gasteiger partial charge in [-0.2, -0.15) is 0 Å². The van der Waals surface area contributed by atoms with Crippen molar-refractivity contribution in [1.29, 1.82) is 0 Å². The third-order valence-electron chi connectivity index (χ3n) is 2.07. The van der Waals surface area contributed by atoms with Gasteiger partial charge in [-0.05, 0) is 20.3 Å². The number of guanidine groups is 1. The van der Waals surface area contributed by atoms with E-state index < -0.39 is 10.0 Å². The maximum absolute atomic E-state index is 11.1. The van der Waals surface area contributed by atoms with Gasteiger partial charge in [0.1, 0.15) is 0 Å². The molecule has 0 fully saturated rings. The van der Waals surface area contributed by atoms with Crippen LogP contribution in [0.2, 0.25) is 0 Å². The van der Waals surface area contributed by atoms with Crippen LogP contribution >= 0.6 is 24.0 Å². The van der Waals surface area contributed by atoms with Gasteiger partial charge in [0.15, 0.2) is 5.96 Å². The van der Waals surface area contributed by atoms with Crippen molar-refractivity contribution in [3.8, 4) is 0 Å². The van der Waals surface area contributed by atoms with Crippen LogP contribution in [0.4, 0.5) is 0 Å². The number of rotatable bonds is 10. The second-order valence-corrected chi connectivity index (χ2v) is 5.64. The molecule has 0 aliphatic carbocycles. The van der Waals surface area contributed by atoms with Crippen molar-refractivity contribution in [2.45, 2.75) is 20.3 Å². The van der Waals surface area contributed by atoms with Gasteiger partial charge < -0.3 is 15.8 Å². The Morgan fingerprint density at radius 1 is 1.32 bits per heavy atom. The molecular weight excluding hydrogens is 383 g/mol. The zero-order valence-corrected chi connectivity index (χ0v) is 14.7. The molecule has 0 aliphatic rings. The van der Waals surface area contributed by atoms with E-state index in [4.69, 9.17) is 10.5 Å². The van der Waals surface area contributed by atoms with Gasteiger partial charge in [-0.3, -0.25) is 4.99 Å². The third-order valence-corrected chi connectivity index (χ3v) is 3.47. The van der Waals surface area contributed by atoms with Gasteiger partial charge in [0.25, 0.3) is 0 Å². The average Bonchev–Trinajstić information content (AvgIpc) is 2.34. The SMILES string of the molecule is CCOCCCN=C(N)NCCNS(=O)(=O)CC.I. The number of hydrogen-bond donors (Lipinski definition) is 3. The monoisotopic (exact) mass is 408 g/mol. The van der Waals surface area contributed by atoms with Gasteiger partial charge in [0, 0.05) is 32.8 Å². The lowest BCUT2D eigenvalue weighted by Crippen LogP contribution is -2.38. The van der Waals surface area contributed by atoms with Gasteiger partial charge >= 0.3 is 0 Å². The van der Waals surface area contributed by atoms with Crippen LogP contribution in [0.5, 0.6) is 0 Å². The second kappa shape index (κ2) is 12.9. The summed E-state index contributed by atoms with van der Waals surface area (Å²) in [7, 11) is -3.13. The fourth-order valence-corrected chi connectivity index (χ4v) is 1.68. The summed E-state index contributed by atoms with van der Waals surface area (Å²) in [6.07, 6.45) is 0.818. The maximum atomic E-state index is 11.1. The summed E-state index contributed by atoms with van der Waals surface area (Å²) in [5, 5.41) is 2.83. The Hall–Kier alpha value is -0.130. The molecule has 9 heteroatoms. The lowest BCUT2D eigenvalue weighted by molar-refractivity contribution is 0.146. The highest BCUT2D eigenvalue weighted by atomic mass is 127. The molecule has 0 heterocycles. The molecular formula is C10H25IN4O3S. The number of nitrogens with two attached hydrogens (primary N) is 1. The quantitative estimate of drug-likeness (QED) is 0.202. The first-order valence-corrected chi connectivity index (χ1v) is 7.76. The Bertz CT molecular complexity index is 336. The second-order valence-electron chi connectivity index (χ2n) is 3.54. The molecule has 7 nitrogen and oxygen atoms in total. The van der Waals surface area contributed by atoms with Gasteiger partial charge in [-0.1, -0.05) is 0 Å². The molecule has 0 aromatic rings. The third kappa shape index (κ3) is 14.1. The van der Waals surface area contributed by atoms with Crippen molar-refractivity contribution >= 4 is 40.0 Å². The van der Waals surface area contributed by atoms with E-state index in [1.54, 1.807) is 6.92 Å². The summed E-state index contributed by atoms with van der Waals surface area (Å²) < 4.78 is 29.8. The van der Waals surface area contributed by atoms with Crippen LogP contribution in [0.3, 0.4) is 0 Å². The molecule has 0 spiro atoms. The highest BCUT2D eigenvalue weighted by molar-refractivity contribution is 14.0. The summed E-state index contributed by atoms with van der Waals surface area (Å²) in [4.78, 5) is 4.08. The van der Waals surface area contributed by atoms with E-state index >= 15 is 0 Å². The molecule has 0 saturated carbocycles. The summed E-state index contributed by atoms with van der Waals surface area (Å²) in [5.74, 6) is 0.399. The molecule has 0 aromatic heterocycles. The van der Waals surface area contributed by atoms with Crippen molar-refractivity contribution < 1.29 is 13.2 Å². The molecule has 0 atom stereocenters. The Morgan fingerprint density at radius 3 is 2.58 bits per heavy atom. The van der Waals surface area contributed by atoms with E-state index in [-0.39, 0.29) is 29.7 Å². The zero-order chi connectivity index (χ0) is 13.9. The van der Waals surface area contributed by atoms with E-state index in [1.165, 1.54) is 0 Å². The van der Waals surface area contributed by atoms with Crippen LogP contribution in [0, 0.1) is 0 Å². The molecule has 0 aromatic carbocycles. The largest absolute Gasteiger partial charge is 0.382 e. The molecule has 0 amide bonds. The topological polar surface area (TPSA) is 106 Å². The average molecular weight is 408 g/mol. The molecule has 4 N–H and O–H groups in total. The molecule has 116 valence electrons. The first-order chi connectivity index (χ1) is 8.52. The highest BCUT2D eigenvalue weighted by Crippen LogP contribution is 1.83. The van der Waals surface area contributed by atoms with Crippen LogP contribution in [0.25, 0.3) is 0 Å². The van der Waals surface area contributed by atoms with Crippen LogP contribution in [0.1, 0.15) is 20.3 Å². The Balaban J connectivity index is 0. The fourth-order valence-electron chi connectivity index (χ4n) is 1.07. The minimum atomic E-state index is -3.13. The summed E-state index contributed by atoms with van der Waals surface area (Å²) in [5.41, 5.74) is 5.59. The normalized spacial score (nSPS) is 12.0. The van der Waals surface area contributed by atoms with Gasteiger partial charge in [-0.15, -0.1) is 24.0 Å². The predicted octanol–water partition coefficient (Wildman–Crippen LogP) is -0.125. The Kier molecular flexibility index (Phi) is 14.4. The standard InChI is InChI=1S/C10H24N4O3S.HI/c1-3-17-9-5-6-12-10(11)13-7-8-14-18(15,16)4-2;/h14H,3-9H2,1-2H3,(H3,11,12,13);1H. The van der Waals surface area contributed by atoms with Crippen molar-refractivity contribution in [3.63, 3.8) is 0 Å². The van der Waals surface area contributed by atoms with Crippen molar-refractivity contribution in [1.82, 2.24) is 10.0 Å². The lowest BCUT2D eigenvalue weighted by Gasteiger charge is -2.07. The first-order valence-electron chi connectivity index (χ1n) is 6.10. The molecule has 0 saturated heterocycles. The highest BCUT2D eigenvalue weighted by Gasteiger charge is 2.04. The van der Waals surface area contributed by atoms with E-state index in [1.807, 2.05) is 6.92 Å². The maximum Gasteiger partial charge on any atom is 0.211 e. The Labute approximate surface area is 132 Å². The molecule has 19 heavy (non-hydrogen) atoms. The zero-order valence-electron chi connectivity index (χ0n) is 11.5. The summed E-state index contributed by atoms with van der Waals surface area (Å²) >= 11 is 0. The summed E-state index contributed by atoms with van der Waals surface area (Å²) in [6.45, 7) is 6.21. The molecule has 0 bridgehead atoms.